The van der Waals surface area contributed by atoms with Gasteiger partial charge in [-0.1, -0.05) is 24.3 Å². The average molecular weight is 262 g/mol. The summed E-state index contributed by atoms with van der Waals surface area (Å²) in [5.74, 6) is 0.734. The molecule has 0 unspecified atom stereocenters. The van der Waals surface area contributed by atoms with Gasteiger partial charge in [-0.05, 0) is 22.9 Å². The molecule has 18 heavy (non-hydrogen) atoms. The first kappa shape index (κ1) is 12.8. The van der Waals surface area contributed by atoms with E-state index >= 15 is 0 Å². The van der Waals surface area contributed by atoms with Crippen LogP contribution in [0, 0.1) is 0 Å². The first-order valence-corrected chi connectivity index (χ1v) is 6.24. The Balaban J connectivity index is 2.52. The van der Waals surface area contributed by atoms with Crippen LogP contribution in [0.4, 0.5) is 0 Å². The van der Waals surface area contributed by atoms with E-state index in [2.05, 4.69) is 12.6 Å². The largest absolute Gasteiger partial charge is 0.492 e. The Morgan fingerprint density at radius 1 is 1.22 bits per heavy atom. The lowest BCUT2D eigenvalue weighted by Crippen LogP contribution is -2.07. The van der Waals surface area contributed by atoms with E-state index in [-0.39, 0.29) is 0 Å². The Bertz CT molecular complexity index is 566. The number of carbonyl (C=O) groups is 1. The van der Waals surface area contributed by atoms with Gasteiger partial charge in [0.25, 0.3) is 0 Å². The SMILES string of the molecule is COC(=O)c1cc2ccccc2cc1OCCS. The van der Waals surface area contributed by atoms with Gasteiger partial charge in [0.05, 0.1) is 13.7 Å². The summed E-state index contributed by atoms with van der Waals surface area (Å²) in [6.07, 6.45) is 0. The van der Waals surface area contributed by atoms with E-state index in [1.54, 1.807) is 6.07 Å². The standard InChI is InChI=1S/C14H14O3S/c1-16-14(15)12-8-10-4-2-3-5-11(10)9-13(12)17-6-7-18/h2-5,8-9,18H,6-7H2,1H3. The minimum Gasteiger partial charge on any atom is -0.492 e. The molecule has 94 valence electrons. The van der Waals surface area contributed by atoms with Crippen LogP contribution in [0.2, 0.25) is 0 Å². The minimum atomic E-state index is -0.394. The zero-order valence-electron chi connectivity index (χ0n) is 10.1. The molecule has 0 amide bonds. The average Bonchev–Trinajstić information content (AvgIpc) is 2.43. The molecular weight excluding hydrogens is 248 g/mol. The number of esters is 1. The highest BCUT2D eigenvalue weighted by atomic mass is 32.1. The fourth-order valence-corrected chi connectivity index (χ4v) is 1.86. The second-order valence-electron chi connectivity index (χ2n) is 3.76. The molecule has 0 saturated carbocycles. The van der Waals surface area contributed by atoms with Crippen molar-refractivity contribution in [2.75, 3.05) is 19.5 Å². The summed E-state index contributed by atoms with van der Waals surface area (Å²) < 4.78 is 10.3. The van der Waals surface area contributed by atoms with Gasteiger partial charge in [-0.2, -0.15) is 12.6 Å². The van der Waals surface area contributed by atoms with Crippen molar-refractivity contribution in [1.29, 1.82) is 0 Å². The second kappa shape index (κ2) is 5.78. The fourth-order valence-electron chi connectivity index (χ4n) is 1.76. The highest BCUT2D eigenvalue weighted by Gasteiger charge is 2.14. The fraction of sp³-hybridized carbons (Fsp3) is 0.214. The van der Waals surface area contributed by atoms with Crippen molar-refractivity contribution < 1.29 is 14.3 Å². The molecule has 2 rings (SSSR count). The molecule has 4 heteroatoms. The molecule has 0 aliphatic heterocycles. The third kappa shape index (κ3) is 2.59. The summed E-state index contributed by atoms with van der Waals surface area (Å²) in [6.45, 7) is 0.450. The predicted molar refractivity (Wildman–Crippen MR) is 74.6 cm³/mol. The number of fused-ring (bicyclic) bond motifs is 1. The summed E-state index contributed by atoms with van der Waals surface area (Å²) in [7, 11) is 1.36. The van der Waals surface area contributed by atoms with Crippen molar-refractivity contribution in [2.45, 2.75) is 0 Å². The minimum absolute atomic E-state index is 0.394. The van der Waals surface area contributed by atoms with Gasteiger partial charge in [0.1, 0.15) is 11.3 Å². The Labute approximate surface area is 111 Å². The van der Waals surface area contributed by atoms with Crippen molar-refractivity contribution in [1.82, 2.24) is 0 Å². The van der Waals surface area contributed by atoms with Gasteiger partial charge in [0.2, 0.25) is 0 Å². The first-order chi connectivity index (χ1) is 8.76. The van der Waals surface area contributed by atoms with Crippen molar-refractivity contribution >= 4 is 29.4 Å². The van der Waals surface area contributed by atoms with Crippen molar-refractivity contribution in [2.24, 2.45) is 0 Å². The smallest absolute Gasteiger partial charge is 0.341 e. The lowest BCUT2D eigenvalue weighted by molar-refractivity contribution is 0.0596. The van der Waals surface area contributed by atoms with Crippen LogP contribution in [0.1, 0.15) is 10.4 Å². The van der Waals surface area contributed by atoms with Gasteiger partial charge in [-0.15, -0.1) is 0 Å². The first-order valence-electron chi connectivity index (χ1n) is 5.61. The maximum Gasteiger partial charge on any atom is 0.341 e. The molecule has 0 spiro atoms. The van der Waals surface area contributed by atoms with Gasteiger partial charge in [0, 0.05) is 5.75 Å². The summed E-state index contributed by atoms with van der Waals surface area (Å²) in [6, 6.07) is 11.4. The number of hydrogen-bond acceptors (Lipinski definition) is 4. The van der Waals surface area contributed by atoms with Crippen molar-refractivity contribution in [3.05, 3.63) is 42.0 Å². The third-order valence-electron chi connectivity index (χ3n) is 2.60. The molecule has 3 nitrogen and oxygen atoms in total. The number of rotatable bonds is 4. The molecule has 0 saturated heterocycles. The quantitative estimate of drug-likeness (QED) is 0.679. The molecule has 0 heterocycles. The van der Waals surface area contributed by atoms with Gasteiger partial charge in [-0.3, -0.25) is 0 Å². The third-order valence-corrected chi connectivity index (χ3v) is 2.78. The highest BCUT2D eigenvalue weighted by molar-refractivity contribution is 7.80. The Morgan fingerprint density at radius 3 is 2.50 bits per heavy atom. The van der Waals surface area contributed by atoms with E-state index in [1.165, 1.54) is 7.11 Å². The normalized spacial score (nSPS) is 10.3. The number of thiol groups is 1. The van der Waals surface area contributed by atoms with Gasteiger partial charge >= 0.3 is 5.97 Å². The van der Waals surface area contributed by atoms with E-state index in [1.807, 2.05) is 30.3 Å². The molecule has 0 atom stereocenters. The number of carbonyl (C=O) groups excluding carboxylic acids is 1. The Morgan fingerprint density at radius 2 is 1.89 bits per heavy atom. The molecular formula is C14H14O3S. The van der Waals surface area contributed by atoms with Crippen LogP contribution in [-0.2, 0) is 4.74 Å². The number of ether oxygens (including phenoxy) is 2. The topological polar surface area (TPSA) is 35.5 Å². The summed E-state index contributed by atoms with van der Waals surface area (Å²) in [5.41, 5.74) is 0.443. The van der Waals surface area contributed by atoms with E-state index in [9.17, 15) is 4.79 Å². The lowest BCUT2D eigenvalue weighted by Gasteiger charge is -2.11. The van der Waals surface area contributed by atoms with Gasteiger partial charge < -0.3 is 9.47 Å². The lowest BCUT2D eigenvalue weighted by atomic mass is 10.1. The monoisotopic (exact) mass is 262 g/mol. The van der Waals surface area contributed by atoms with Crippen LogP contribution in [0.15, 0.2) is 36.4 Å². The zero-order valence-corrected chi connectivity index (χ0v) is 10.9. The van der Waals surface area contributed by atoms with E-state index < -0.39 is 5.97 Å². The predicted octanol–water partition coefficient (Wildman–Crippen LogP) is 2.94. The van der Waals surface area contributed by atoms with Crippen LogP contribution in [0.5, 0.6) is 5.75 Å². The maximum atomic E-state index is 11.7. The van der Waals surface area contributed by atoms with Gasteiger partial charge in [-0.25, -0.2) is 4.79 Å². The number of methoxy groups -OCH3 is 1. The van der Waals surface area contributed by atoms with Crippen LogP contribution in [0.25, 0.3) is 10.8 Å². The summed E-state index contributed by atoms with van der Waals surface area (Å²) in [4.78, 5) is 11.7. The van der Waals surface area contributed by atoms with Crippen LogP contribution in [-0.4, -0.2) is 25.4 Å². The van der Waals surface area contributed by atoms with Crippen LogP contribution >= 0.6 is 12.6 Å². The molecule has 0 fully saturated rings. The summed E-state index contributed by atoms with van der Waals surface area (Å²) >= 11 is 4.09. The molecule has 0 bridgehead atoms. The van der Waals surface area contributed by atoms with E-state index in [0.29, 0.717) is 23.7 Å². The Kier molecular flexibility index (Phi) is 4.10. The zero-order chi connectivity index (χ0) is 13.0. The number of hydrogen-bond donors (Lipinski definition) is 1. The molecule has 0 radical (unpaired) electrons. The van der Waals surface area contributed by atoms with Crippen LogP contribution in [0.3, 0.4) is 0 Å². The van der Waals surface area contributed by atoms with Crippen molar-refractivity contribution in [3.8, 4) is 5.75 Å². The molecule has 2 aromatic rings. The van der Waals surface area contributed by atoms with Crippen LogP contribution < -0.4 is 4.74 Å². The molecule has 2 aromatic carbocycles. The van der Waals surface area contributed by atoms with E-state index in [4.69, 9.17) is 9.47 Å². The molecule has 0 aliphatic rings. The van der Waals surface area contributed by atoms with Crippen molar-refractivity contribution in [3.63, 3.8) is 0 Å². The van der Waals surface area contributed by atoms with Gasteiger partial charge in [0.15, 0.2) is 0 Å². The molecule has 0 aliphatic carbocycles. The maximum absolute atomic E-state index is 11.7. The highest BCUT2D eigenvalue weighted by Crippen LogP contribution is 2.26. The number of benzene rings is 2. The molecule has 0 aromatic heterocycles. The second-order valence-corrected chi connectivity index (χ2v) is 4.21. The summed E-state index contributed by atoms with van der Waals surface area (Å²) in [5, 5.41) is 2.01. The molecule has 0 N–H and O–H groups in total. The Hall–Kier alpha value is -1.68. The van der Waals surface area contributed by atoms with E-state index in [0.717, 1.165) is 10.8 Å².